The maximum absolute atomic E-state index is 12.4. The van der Waals surface area contributed by atoms with Crippen molar-refractivity contribution in [3.8, 4) is 0 Å². The van der Waals surface area contributed by atoms with Gasteiger partial charge in [-0.05, 0) is 12.0 Å². The van der Waals surface area contributed by atoms with Gasteiger partial charge in [0.15, 0.2) is 0 Å². The van der Waals surface area contributed by atoms with Crippen molar-refractivity contribution < 1.29 is 18.3 Å². The van der Waals surface area contributed by atoms with Crippen molar-refractivity contribution in [1.82, 2.24) is 4.90 Å². The Balaban J connectivity index is 1.86. The van der Waals surface area contributed by atoms with Crippen LogP contribution in [0.2, 0.25) is 0 Å². The van der Waals surface area contributed by atoms with E-state index in [-0.39, 0.29) is 17.9 Å². The summed E-state index contributed by atoms with van der Waals surface area (Å²) in [4.78, 5) is 14.0. The Morgan fingerprint density at radius 2 is 2.00 bits per heavy atom. The maximum atomic E-state index is 12.4. The molecule has 0 aromatic heterocycles. The summed E-state index contributed by atoms with van der Waals surface area (Å²) in [7, 11) is 0. The number of carbonyl (C=O) groups is 1. The summed E-state index contributed by atoms with van der Waals surface area (Å²) in [6, 6.07) is 9.62. The summed E-state index contributed by atoms with van der Waals surface area (Å²) in [6.45, 7) is 2.24. The first kappa shape index (κ1) is 14.9. The number of likely N-dealkylation sites (tertiary alicyclic amines) is 1. The van der Waals surface area contributed by atoms with Crippen LogP contribution in [-0.4, -0.2) is 43.0 Å². The summed E-state index contributed by atoms with van der Waals surface area (Å²) in [5, 5.41) is 0. The molecule has 1 atom stereocenters. The molecule has 0 aliphatic carbocycles. The highest BCUT2D eigenvalue weighted by molar-refractivity contribution is 5.84. The van der Waals surface area contributed by atoms with Gasteiger partial charge in [-0.1, -0.05) is 37.3 Å². The van der Waals surface area contributed by atoms with Crippen LogP contribution < -0.4 is 0 Å². The smallest absolute Gasteiger partial charge is 0.261 e. The lowest BCUT2D eigenvalue weighted by atomic mass is 9.93. The minimum Gasteiger partial charge on any atom is -0.369 e. The van der Waals surface area contributed by atoms with Crippen LogP contribution in [0.15, 0.2) is 30.3 Å². The number of alkyl halides is 2. The Kier molecular flexibility index (Phi) is 5.06. The molecule has 1 aromatic rings. The third kappa shape index (κ3) is 3.54. The fraction of sp³-hybridized carbons (Fsp3) is 0.533. The third-order valence-electron chi connectivity index (χ3n) is 3.53. The second kappa shape index (κ2) is 6.79. The topological polar surface area (TPSA) is 29.5 Å². The zero-order valence-electron chi connectivity index (χ0n) is 11.5. The van der Waals surface area contributed by atoms with E-state index in [9.17, 15) is 13.6 Å². The molecule has 1 amide bonds. The number of nitrogens with zero attached hydrogens (tertiary/aromatic N) is 1. The number of rotatable bonds is 6. The fourth-order valence-electron chi connectivity index (χ4n) is 2.39. The predicted octanol–water partition coefficient (Wildman–Crippen LogP) is 2.67. The minimum absolute atomic E-state index is 0.0515. The number of ether oxygens (including phenoxy) is 1. The molecule has 0 radical (unpaired) electrons. The summed E-state index contributed by atoms with van der Waals surface area (Å²) in [6.07, 6.45) is -1.98. The van der Waals surface area contributed by atoms with Gasteiger partial charge >= 0.3 is 0 Å². The van der Waals surface area contributed by atoms with Gasteiger partial charge in [0.05, 0.1) is 12.0 Å². The van der Waals surface area contributed by atoms with Crippen LogP contribution in [0.25, 0.3) is 0 Å². The fourth-order valence-corrected chi connectivity index (χ4v) is 2.39. The third-order valence-corrected chi connectivity index (χ3v) is 3.53. The molecule has 1 aliphatic rings. The van der Waals surface area contributed by atoms with Crippen molar-refractivity contribution in [3.63, 3.8) is 0 Å². The van der Waals surface area contributed by atoms with Gasteiger partial charge in [-0.3, -0.25) is 4.79 Å². The average Bonchev–Trinajstić information content (AvgIpc) is 2.38. The number of carbonyl (C=O) groups excluding carboxylic acids is 1. The van der Waals surface area contributed by atoms with Gasteiger partial charge in [-0.25, -0.2) is 8.78 Å². The van der Waals surface area contributed by atoms with Crippen LogP contribution in [0.4, 0.5) is 8.78 Å². The molecule has 0 saturated carbocycles. The van der Waals surface area contributed by atoms with E-state index in [1.807, 2.05) is 37.3 Å². The Bertz CT molecular complexity index is 433. The van der Waals surface area contributed by atoms with Gasteiger partial charge in [0.1, 0.15) is 6.61 Å². The molecule has 3 nitrogen and oxygen atoms in total. The first-order valence-electron chi connectivity index (χ1n) is 6.85. The van der Waals surface area contributed by atoms with E-state index in [0.29, 0.717) is 13.1 Å². The Morgan fingerprint density at radius 1 is 1.35 bits per heavy atom. The SMILES string of the molecule is CC[C@@H](C(=O)N1CC(OCC(F)F)C1)c1ccccc1. The molecule has 0 spiro atoms. The zero-order chi connectivity index (χ0) is 14.5. The maximum Gasteiger partial charge on any atom is 0.261 e. The Hall–Kier alpha value is -1.49. The van der Waals surface area contributed by atoms with Gasteiger partial charge < -0.3 is 9.64 Å². The van der Waals surface area contributed by atoms with Crippen molar-refractivity contribution in [2.24, 2.45) is 0 Å². The van der Waals surface area contributed by atoms with Gasteiger partial charge in [-0.2, -0.15) is 0 Å². The highest BCUT2D eigenvalue weighted by Gasteiger charge is 2.35. The first-order valence-corrected chi connectivity index (χ1v) is 6.85. The van der Waals surface area contributed by atoms with Gasteiger partial charge in [0, 0.05) is 13.1 Å². The summed E-state index contributed by atoms with van der Waals surface area (Å²) < 4.78 is 29.0. The van der Waals surface area contributed by atoms with Crippen molar-refractivity contribution in [1.29, 1.82) is 0 Å². The van der Waals surface area contributed by atoms with Crippen LogP contribution in [-0.2, 0) is 9.53 Å². The lowest BCUT2D eigenvalue weighted by Gasteiger charge is -2.40. The highest BCUT2D eigenvalue weighted by Crippen LogP contribution is 2.25. The number of benzene rings is 1. The van der Waals surface area contributed by atoms with Crippen LogP contribution >= 0.6 is 0 Å². The molecule has 1 saturated heterocycles. The molecule has 0 bridgehead atoms. The van der Waals surface area contributed by atoms with E-state index >= 15 is 0 Å². The van der Waals surface area contributed by atoms with Gasteiger partial charge in [-0.15, -0.1) is 0 Å². The van der Waals surface area contributed by atoms with E-state index in [1.165, 1.54) is 0 Å². The zero-order valence-corrected chi connectivity index (χ0v) is 11.5. The minimum atomic E-state index is -2.45. The second-order valence-corrected chi connectivity index (χ2v) is 4.96. The average molecular weight is 283 g/mol. The number of hydrogen-bond donors (Lipinski definition) is 0. The molecule has 0 unspecified atom stereocenters. The lowest BCUT2D eigenvalue weighted by molar-refractivity contribution is -0.149. The quantitative estimate of drug-likeness (QED) is 0.803. The number of amides is 1. The van der Waals surface area contributed by atoms with Crippen LogP contribution in [0.1, 0.15) is 24.8 Å². The van der Waals surface area contributed by atoms with Gasteiger partial charge in [0.2, 0.25) is 5.91 Å². The van der Waals surface area contributed by atoms with Crippen molar-refractivity contribution in [2.45, 2.75) is 31.8 Å². The van der Waals surface area contributed by atoms with Crippen LogP contribution in [0.5, 0.6) is 0 Å². The van der Waals surface area contributed by atoms with Crippen LogP contribution in [0, 0.1) is 0 Å². The van der Waals surface area contributed by atoms with E-state index in [0.717, 1.165) is 12.0 Å². The second-order valence-electron chi connectivity index (χ2n) is 4.96. The van der Waals surface area contributed by atoms with Gasteiger partial charge in [0.25, 0.3) is 6.43 Å². The highest BCUT2D eigenvalue weighted by atomic mass is 19.3. The normalized spacial score (nSPS) is 17.1. The molecular weight excluding hydrogens is 264 g/mol. The number of halogens is 2. The summed E-state index contributed by atoms with van der Waals surface area (Å²) in [5.41, 5.74) is 0.997. The molecule has 1 fully saturated rings. The van der Waals surface area contributed by atoms with E-state index in [4.69, 9.17) is 4.74 Å². The predicted molar refractivity (Wildman–Crippen MR) is 71.8 cm³/mol. The molecule has 1 aliphatic heterocycles. The molecule has 5 heteroatoms. The molecule has 1 aromatic carbocycles. The van der Waals surface area contributed by atoms with Crippen LogP contribution in [0.3, 0.4) is 0 Å². The standard InChI is InChI=1S/C15H19F2NO2/c1-2-13(11-6-4-3-5-7-11)15(19)18-8-12(9-18)20-10-14(16)17/h3-7,12-14H,2,8-10H2,1H3/t13-/m1/s1. The number of hydrogen-bond acceptors (Lipinski definition) is 2. The monoisotopic (exact) mass is 283 g/mol. The van der Waals surface area contributed by atoms with E-state index in [2.05, 4.69) is 0 Å². The molecule has 0 N–H and O–H groups in total. The Labute approximate surface area is 117 Å². The molecule has 20 heavy (non-hydrogen) atoms. The molecule has 1 heterocycles. The molecule has 2 rings (SSSR count). The lowest BCUT2D eigenvalue weighted by Crippen LogP contribution is -2.56. The van der Waals surface area contributed by atoms with Crippen molar-refractivity contribution in [3.05, 3.63) is 35.9 Å². The molecule has 110 valence electrons. The first-order chi connectivity index (χ1) is 9.61. The largest absolute Gasteiger partial charge is 0.369 e. The van der Waals surface area contributed by atoms with Crippen molar-refractivity contribution in [2.75, 3.05) is 19.7 Å². The Morgan fingerprint density at radius 3 is 2.55 bits per heavy atom. The van der Waals surface area contributed by atoms with E-state index < -0.39 is 13.0 Å². The summed E-state index contributed by atoms with van der Waals surface area (Å²) in [5.74, 6) is -0.108. The van der Waals surface area contributed by atoms with Crippen molar-refractivity contribution >= 4 is 5.91 Å². The molecular formula is C15H19F2NO2. The summed E-state index contributed by atoms with van der Waals surface area (Å²) >= 11 is 0. The van der Waals surface area contributed by atoms with E-state index in [1.54, 1.807) is 4.90 Å².